The molecule has 1 aliphatic carbocycles. The van der Waals surface area contributed by atoms with Gasteiger partial charge in [0.05, 0.1) is 43.0 Å². The van der Waals surface area contributed by atoms with Crippen molar-refractivity contribution in [3.63, 3.8) is 0 Å². The molecule has 0 aromatic rings. The molecule has 17 heteroatoms. The maximum Gasteiger partial charge on any atom is 0.249 e. The molecule has 0 aromatic heterocycles. The zero-order chi connectivity index (χ0) is 30.4. The van der Waals surface area contributed by atoms with Crippen LogP contribution in [0.4, 0.5) is 0 Å². The molecule has 17 N–H and O–H groups in total. The minimum absolute atomic E-state index is 0.0896. The van der Waals surface area contributed by atoms with E-state index in [2.05, 4.69) is 5.32 Å². The first kappa shape index (κ1) is 34.4. The van der Waals surface area contributed by atoms with Crippen LogP contribution in [0, 0.1) is 0 Å². The summed E-state index contributed by atoms with van der Waals surface area (Å²) in [5.41, 5.74) is 29.5. The van der Waals surface area contributed by atoms with Gasteiger partial charge >= 0.3 is 0 Å². The van der Waals surface area contributed by atoms with Crippen LogP contribution in [0.25, 0.3) is 0 Å². The number of aliphatic hydroxyl groups is 6. The summed E-state index contributed by atoms with van der Waals surface area (Å²) in [5.74, 6) is -0.868. The van der Waals surface area contributed by atoms with Crippen LogP contribution in [0.1, 0.15) is 32.1 Å². The second-order valence-electron chi connectivity index (χ2n) is 11.0. The molecule has 0 spiro atoms. The Hall–Kier alpha value is -1.13. The molecule has 41 heavy (non-hydrogen) atoms. The Kier molecular flexibility index (Phi) is 13.0. The molecule has 3 aliphatic rings. The van der Waals surface area contributed by atoms with Gasteiger partial charge < -0.3 is 83.6 Å². The smallest absolute Gasteiger partial charge is 0.249 e. The van der Waals surface area contributed by atoms with Gasteiger partial charge in [0.25, 0.3) is 0 Å². The van der Waals surface area contributed by atoms with Crippen LogP contribution < -0.4 is 34.0 Å². The molecular formula is C24H48N6O11. The number of carbonyl (C=O) groups is 1. The van der Waals surface area contributed by atoms with Crippen molar-refractivity contribution in [1.82, 2.24) is 5.32 Å². The molecule has 2 saturated heterocycles. The first-order valence-corrected chi connectivity index (χ1v) is 14.0. The first-order valence-electron chi connectivity index (χ1n) is 14.0. The van der Waals surface area contributed by atoms with Gasteiger partial charge in [-0.2, -0.15) is 0 Å². The van der Waals surface area contributed by atoms with Gasteiger partial charge in [0.1, 0.15) is 42.7 Å². The molecule has 0 bridgehead atoms. The summed E-state index contributed by atoms with van der Waals surface area (Å²) < 4.78 is 23.1. The number of carbonyl (C=O) groups excluding carboxylic acids is 1. The third-order valence-electron chi connectivity index (χ3n) is 7.99. The lowest BCUT2D eigenvalue weighted by Gasteiger charge is -2.50. The number of hydrogen-bond acceptors (Lipinski definition) is 16. The van der Waals surface area contributed by atoms with Crippen molar-refractivity contribution in [1.29, 1.82) is 0 Å². The van der Waals surface area contributed by atoms with E-state index < -0.39 is 98.1 Å². The van der Waals surface area contributed by atoms with E-state index in [0.29, 0.717) is 32.2 Å². The Morgan fingerprint density at radius 2 is 1.56 bits per heavy atom. The topological polar surface area (TPSA) is 318 Å². The highest BCUT2D eigenvalue weighted by atomic mass is 16.7. The van der Waals surface area contributed by atoms with E-state index in [1.165, 1.54) is 0 Å². The molecule has 6 unspecified atom stereocenters. The molecule has 0 aromatic carbocycles. The minimum atomic E-state index is -1.67. The summed E-state index contributed by atoms with van der Waals surface area (Å²) >= 11 is 0. The van der Waals surface area contributed by atoms with E-state index in [1.807, 2.05) is 0 Å². The molecule has 17 nitrogen and oxygen atoms in total. The largest absolute Gasteiger partial charge is 0.394 e. The quantitative estimate of drug-likeness (QED) is 0.0931. The number of hydrogen-bond donors (Lipinski definition) is 12. The average molecular weight is 597 g/mol. The van der Waals surface area contributed by atoms with Crippen molar-refractivity contribution < 1.29 is 54.4 Å². The van der Waals surface area contributed by atoms with Gasteiger partial charge in [-0.3, -0.25) is 4.79 Å². The van der Waals surface area contributed by atoms with Crippen LogP contribution in [0.3, 0.4) is 0 Å². The standard InChI is InChI=1S/C24H48N6O11/c25-6-2-1-3-11(32)22(37)30-15-17(34)14(29)20(40-23-10(27)5-4-9(7-26)38-23)19(36)21(15)41-24-18(35)13(28)16(33)12(8-31)39-24/h9-21,23-24,31-36H,1-8,25-29H2,(H,30,37)/t9-,10?,11-,12?,13-,14-,15?,16+,17+,18?,19?,20?,21-,23+,24+/m0/s1. The van der Waals surface area contributed by atoms with Crippen molar-refractivity contribution >= 4 is 5.91 Å². The molecule has 1 saturated carbocycles. The first-order chi connectivity index (χ1) is 19.4. The average Bonchev–Trinajstić information content (AvgIpc) is 2.96. The number of ether oxygens (including phenoxy) is 4. The second-order valence-corrected chi connectivity index (χ2v) is 11.0. The molecule has 2 heterocycles. The van der Waals surface area contributed by atoms with Gasteiger partial charge in [-0.25, -0.2) is 0 Å². The Bertz CT molecular complexity index is 818. The maximum atomic E-state index is 12.8. The molecule has 1 amide bonds. The zero-order valence-corrected chi connectivity index (χ0v) is 22.9. The number of nitrogens with two attached hydrogens (primary N) is 5. The Morgan fingerprint density at radius 1 is 0.878 bits per heavy atom. The Morgan fingerprint density at radius 3 is 2.20 bits per heavy atom. The van der Waals surface area contributed by atoms with Gasteiger partial charge in [0.15, 0.2) is 12.6 Å². The SMILES string of the molecule is NCCCC[C@H](O)C(=O)NC1[C@H](O[C@H]2OC(CO)[C@@H](O)[C@H](N)C2O)C(O)C(O[C@H]2O[C@H](CN)CCC2N)[C@@H](N)[C@H]1O. The fourth-order valence-corrected chi connectivity index (χ4v) is 5.35. The van der Waals surface area contributed by atoms with Crippen LogP contribution in [-0.4, -0.2) is 148 Å². The highest BCUT2D eigenvalue weighted by molar-refractivity contribution is 5.80. The van der Waals surface area contributed by atoms with Crippen LogP contribution >= 0.6 is 0 Å². The Labute approximate surface area is 238 Å². The Balaban J connectivity index is 1.86. The van der Waals surface area contributed by atoms with Crippen LogP contribution in [0.15, 0.2) is 0 Å². The van der Waals surface area contributed by atoms with E-state index in [0.717, 1.165) is 0 Å². The van der Waals surface area contributed by atoms with Crippen LogP contribution in [0.2, 0.25) is 0 Å². The lowest BCUT2D eigenvalue weighted by molar-refractivity contribution is -0.319. The summed E-state index contributed by atoms with van der Waals surface area (Å²) in [5, 5.41) is 65.9. The van der Waals surface area contributed by atoms with Gasteiger partial charge in [-0.15, -0.1) is 0 Å². The molecule has 2 aliphatic heterocycles. The molecule has 3 rings (SSSR count). The fraction of sp³-hybridized carbons (Fsp3) is 0.958. The van der Waals surface area contributed by atoms with Crippen LogP contribution in [0.5, 0.6) is 0 Å². The predicted molar refractivity (Wildman–Crippen MR) is 141 cm³/mol. The number of aliphatic hydroxyl groups excluding tert-OH is 6. The van der Waals surface area contributed by atoms with Gasteiger partial charge in [-0.1, -0.05) is 0 Å². The highest BCUT2D eigenvalue weighted by Crippen LogP contribution is 2.32. The monoisotopic (exact) mass is 596 g/mol. The minimum Gasteiger partial charge on any atom is -0.394 e. The maximum absolute atomic E-state index is 12.8. The molecule has 0 radical (unpaired) electrons. The highest BCUT2D eigenvalue weighted by Gasteiger charge is 2.54. The number of nitrogens with one attached hydrogen (secondary N) is 1. The van der Waals surface area contributed by atoms with E-state index >= 15 is 0 Å². The summed E-state index contributed by atoms with van der Waals surface area (Å²) in [4.78, 5) is 12.8. The third kappa shape index (κ3) is 8.08. The van der Waals surface area contributed by atoms with Crippen molar-refractivity contribution in [3.05, 3.63) is 0 Å². The van der Waals surface area contributed by atoms with Gasteiger partial charge in [0.2, 0.25) is 5.91 Å². The summed E-state index contributed by atoms with van der Waals surface area (Å²) in [6.07, 6.45) is -12.7. The lowest BCUT2D eigenvalue weighted by Crippen LogP contribution is -2.74. The third-order valence-corrected chi connectivity index (χ3v) is 7.99. The van der Waals surface area contributed by atoms with E-state index in [1.54, 1.807) is 0 Å². The summed E-state index contributed by atoms with van der Waals surface area (Å²) in [6, 6.07) is -4.63. The van der Waals surface area contributed by atoms with Crippen LogP contribution in [-0.2, 0) is 23.7 Å². The molecular weight excluding hydrogens is 548 g/mol. The molecule has 3 fully saturated rings. The van der Waals surface area contributed by atoms with E-state index in [4.69, 9.17) is 47.6 Å². The summed E-state index contributed by atoms with van der Waals surface area (Å²) in [7, 11) is 0. The van der Waals surface area contributed by atoms with Gasteiger partial charge in [-0.05, 0) is 38.6 Å². The van der Waals surface area contributed by atoms with E-state index in [-0.39, 0.29) is 19.1 Å². The zero-order valence-electron chi connectivity index (χ0n) is 22.9. The molecule has 15 atom stereocenters. The van der Waals surface area contributed by atoms with Crippen molar-refractivity contribution in [3.8, 4) is 0 Å². The summed E-state index contributed by atoms with van der Waals surface area (Å²) in [6.45, 7) is -0.0803. The van der Waals surface area contributed by atoms with Crippen molar-refractivity contribution in [2.45, 2.75) is 124 Å². The fourth-order valence-electron chi connectivity index (χ4n) is 5.35. The van der Waals surface area contributed by atoms with Crippen molar-refractivity contribution in [2.75, 3.05) is 19.7 Å². The van der Waals surface area contributed by atoms with Gasteiger partial charge in [0, 0.05) is 6.54 Å². The lowest BCUT2D eigenvalue weighted by atomic mass is 9.81. The number of unbranched alkanes of at least 4 members (excludes halogenated alkanes) is 1. The van der Waals surface area contributed by atoms with Crippen molar-refractivity contribution in [2.24, 2.45) is 28.7 Å². The van der Waals surface area contributed by atoms with E-state index in [9.17, 15) is 35.4 Å². The predicted octanol–water partition coefficient (Wildman–Crippen LogP) is -6.65. The number of amides is 1. The normalized spacial score (nSPS) is 44.4. The number of rotatable bonds is 12. The molecule has 240 valence electrons. The second kappa shape index (κ2) is 15.6.